The van der Waals surface area contributed by atoms with E-state index in [-0.39, 0.29) is 25.4 Å². The molecule has 0 aliphatic rings. The number of carbonyl (C=O) groups excluding carboxylic acids is 2. The molecule has 0 aromatic heterocycles. The van der Waals surface area contributed by atoms with Crippen molar-refractivity contribution in [3.05, 3.63) is 12.7 Å². The van der Waals surface area contributed by atoms with Gasteiger partial charge in [-0.2, -0.15) is 0 Å². The highest BCUT2D eigenvalue weighted by atomic mass is 16.7. The summed E-state index contributed by atoms with van der Waals surface area (Å²) in [7, 11) is 2.87. The summed E-state index contributed by atoms with van der Waals surface area (Å²) < 4.78 is 4.69. The Morgan fingerprint density at radius 3 is 2.57 bits per heavy atom. The first-order valence-electron chi connectivity index (χ1n) is 4.19. The summed E-state index contributed by atoms with van der Waals surface area (Å²) in [5, 5.41) is 1.07. The Kier molecular flexibility index (Phi) is 6.39. The van der Waals surface area contributed by atoms with Crippen LogP contribution < -0.4 is 0 Å². The second-order valence-electron chi connectivity index (χ2n) is 2.55. The van der Waals surface area contributed by atoms with Crippen molar-refractivity contribution in [2.75, 3.05) is 20.8 Å². The first-order valence-corrected chi connectivity index (χ1v) is 4.19. The summed E-state index contributed by atoms with van der Waals surface area (Å²) in [5.74, 6) is -0.675. The molecule has 0 aromatic carbocycles. The minimum absolute atomic E-state index is 0.0559. The maximum absolute atomic E-state index is 11.1. The van der Waals surface area contributed by atoms with Crippen LogP contribution in [0, 0.1) is 0 Å². The van der Waals surface area contributed by atoms with Crippen molar-refractivity contribution in [2.24, 2.45) is 0 Å². The van der Waals surface area contributed by atoms with E-state index in [0.29, 0.717) is 0 Å². The van der Waals surface area contributed by atoms with Crippen LogP contribution in [0.3, 0.4) is 0 Å². The zero-order chi connectivity index (χ0) is 11.0. The van der Waals surface area contributed by atoms with Gasteiger partial charge in [-0.05, 0) is 0 Å². The molecule has 0 radical (unpaired) electrons. The average molecular weight is 201 g/mol. The first-order chi connectivity index (χ1) is 6.61. The highest BCUT2D eigenvalue weighted by molar-refractivity contribution is 5.80. The zero-order valence-corrected chi connectivity index (χ0v) is 8.49. The fourth-order valence-electron chi connectivity index (χ4n) is 0.692. The highest BCUT2D eigenvalue weighted by Crippen LogP contribution is 1.97. The van der Waals surface area contributed by atoms with Crippen LogP contribution in [0.15, 0.2) is 12.7 Å². The van der Waals surface area contributed by atoms with Gasteiger partial charge in [0.25, 0.3) is 0 Å². The molecule has 0 rings (SSSR count). The SMILES string of the molecule is C=CCOC(=O)CCC(=O)N(C)OC. The summed E-state index contributed by atoms with van der Waals surface area (Å²) in [5.41, 5.74) is 0. The van der Waals surface area contributed by atoms with E-state index in [2.05, 4.69) is 16.2 Å². The number of ether oxygens (including phenoxy) is 1. The molecule has 0 aliphatic carbocycles. The number of esters is 1. The minimum Gasteiger partial charge on any atom is -0.461 e. The molecule has 0 saturated heterocycles. The van der Waals surface area contributed by atoms with Gasteiger partial charge in [0.2, 0.25) is 5.91 Å². The second-order valence-corrected chi connectivity index (χ2v) is 2.55. The van der Waals surface area contributed by atoms with Crippen molar-refractivity contribution < 1.29 is 19.2 Å². The molecule has 0 N–H and O–H groups in total. The van der Waals surface area contributed by atoms with Gasteiger partial charge in [0, 0.05) is 13.5 Å². The highest BCUT2D eigenvalue weighted by Gasteiger charge is 2.11. The van der Waals surface area contributed by atoms with Crippen molar-refractivity contribution in [1.29, 1.82) is 0 Å². The van der Waals surface area contributed by atoms with Gasteiger partial charge in [0.15, 0.2) is 0 Å². The molecular weight excluding hydrogens is 186 g/mol. The molecule has 0 saturated carbocycles. The Morgan fingerprint density at radius 2 is 2.07 bits per heavy atom. The van der Waals surface area contributed by atoms with E-state index >= 15 is 0 Å². The number of hydroxylamine groups is 2. The number of hydrogen-bond donors (Lipinski definition) is 0. The average Bonchev–Trinajstić information content (AvgIpc) is 2.21. The molecule has 0 atom stereocenters. The molecule has 14 heavy (non-hydrogen) atoms. The second kappa shape index (κ2) is 7.08. The normalized spacial score (nSPS) is 9.29. The van der Waals surface area contributed by atoms with Crippen molar-refractivity contribution in [2.45, 2.75) is 12.8 Å². The lowest BCUT2D eigenvalue weighted by molar-refractivity contribution is -0.170. The topological polar surface area (TPSA) is 55.8 Å². The van der Waals surface area contributed by atoms with Gasteiger partial charge in [0.1, 0.15) is 6.61 Å². The Labute approximate surface area is 83.2 Å². The van der Waals surface area contributed by atoms with Crippen molar-refractivity contribution >= 4 is 11.9 Å². The van der Waals surface area contributed by atoms with Crippen LogP contribution in [0.25, 0.3) is 0 Å². The van der Waals surface area contributed by atoms with E-state index in [1.165, 1.54) is 20.2 Å². The lowest BCUT2D eigenvalue weighted by Gasteiger charge is -2.12. The minimum atomic E-state index is -0.414. The van der Waals surface area contributed by atoms with Crippen molar-refractivity contribution in [3.63, 3.8) is 0 Å². The lowest BCUT2D eigenvalue weighted by atomic mass is 10.3. The van der Waals surface area contributed by atoms with Gasteiger partial charge in [0.05, 0.1) is 13.5 Å². The predicted octanol–water partition coefficient (Wildman–Crippen LogP) is 0.516. The molecule has 1 amide bonds. The molecular formula is C9H15NO4. The van der Waals surface area contributed by atoms with E-state index in [1.54, 1.807) is 0 Å². The van der Waals surface area contributed by atoms with Crippen LogP contribution in [0.1, 0.15) is 12.8 Å². The largest absolute Gasteiger partial charge is 0.461 e. The van der Waals surface area contributed by atoms with Gasteiger partial charge in [-0.3, -0.25) is 14.4 Å². The molecule has 0 aliphatic heterocycles. The van der Waals surface area contributed by atoms with Crippen LogP contribution in [-0.2, 0) is 19.2 Å². The third-order valence-corrected chi connectivity index (χ3v) is 1.53. The number of hydrogen-bond acceptors (Lipinski definition) is 4. The molecule has 5 heteroatoms. The molecule has 80 valence electrons. The molecule has 0 heterocycles. The van der Waals surface area contributed by atoms with Crippen LogP contribution in [-0.4, -0.2) is 37.7 Å². The van der Waals surface area contributed by atoms with E-state index in [4.69, 9.17) is 0 Å². The number of nitrogens with zero attached hydrogens (tertiary/aromatic N) is 1. The van der Waals surface area contributed by atoms with Crippen molar-refractivity contribution in [1.82, 2.24) is 5.06 Å². The Hall–Kier alpha value is -1.36. The van der Waals surface area contributed by atoms with Crippen LogP contribution >= 0.6 is 0 Å². The fraction of sp³-hybridized carbons (Fsp3) is 0.556. The maximum atomic E-state index is 11.1. The molecule has 0 unspecified atom stereocenters. The quantitative estimate of drug-likeness (QED) is 0.357. The first kappa shape index (κ1) is 12.6. The Balaban J connectivity index is 3.66. The van der Waals surface area contributed by atoms with Crippen LogP contribution in [0.4, 0.5) is 0 Å². The Bertz CT molecular complexity index is 215. The zero-order valence-electron chi connectivity index (χ0n) is 8.49. The van der Waals surface area contributed by atoms with E-state index in [0.717, 1.165) is 5.06 Å². The van der Waals surface area contributed by atoms with Gasteiger partial charge in [-0.25, -0.2) is 5.06 Å². The third-order valence-electron chi connectivity index (χ3n) is 1.53. The number of carbonyl (C=O) groups is 2. The van der Waals surface area contributed by atoms with Crippen LogP contribution in [0.2, 0.25) is 0 Å². The third kappa shape index (κ3) is 5.31. The summed E-state index contributed by atoms with van der Waals surface area (Å²) in [6.45, 7) is 3.57. The fourth-order valence-corrected chi connectivity index (χ4v) is 0.692. The molecule has 0 bridgehead atoms. The molecule has 0 fully saturated rings. The van der Waals surface area contributed by atoms with Gasteiger partial charge in [-0.1, -0.05) is 12.7 Å². The van der Waals surface area contributed by atoms with Crippen molar-refractivity contribution in [3.8, 4) is 0 Å². The summed E-state index contributed by atoms with van der Waals surface area (Å²) in [6.07, 6.45) is 1.61. The van der Waals surface area contributed by atoms with Crippen LogP contribution in [0.5, 0.6) is 0 Å². The van der Waals surface area contributed by atoms with E-state index in [9.17, 15) is 9.59 Å². The number of rotatable bonds is 6. The molecule has 0 aromatic rings. The van der Waals surface area contributed by atoms with Gasteiger partial charge >= 0.3 is 5.97 Å². The standard InChI is InChI=1S/C9H15NO4/c1-4-7-14-9(12)6-5-8(11)10(2)13-3/h4H,1,5-7H2,2-3H3. The summed E-state index contributed by atoms with van der Waals surface area (Å²) in [6, 6.07) is 0. The van der Waals surface area contributed by atoms with Gasteiger partial charge < -0.3 is 4.74 Å². The lowest BCUT2D eigenvalue weighted by Crippen LogP contribution is -2.25. The predicted molar refractivity (Wildman–Crippen MR) is 50.2 cm³/mol. The summed E-state index contributed by atoms with van der Waals surface area (Å²) in [4.78, 5) is 26.7. The Morgan fingerprint density at radius 1 is 1.43 bits per heavy atom. The van der Waals surface area contributed by atoms with E-state index < -0.39 is 5.97 Å². The molecule has 5 nitrogen and oxygen atoms in total. The molecule has 0 spiro atoms. The monoisotopic (exact) mass is 201 g/mol. The van der Waals surface area contributed by atoms with E-state index in [1.807, 2.05) is 0 Å². The van der Waals surface area contributed by atoms with Gasteiger partial charge in [-0.15, -0.1) is 0 Å². The maximum Gasteiger partial charge on any atom is 0.306 e. The summed E-state index contributed by atoms with van der Waals surface area (Å²) >= 11 is 0. The number of amides is 1. The smallest absolute Gasteiger partial charge is 0.306 e.